The Labute approximate surface area is 111 Å². The lowest BCUT2D eigenvalue weighted by atomic mass is 10.3. The molecule has 0 radical (unpaired) electrons. The Morgan fingerprint density at radius 3 is 2.56 bits per heavy atom. The van der Waals surface area contributed by atoms with Crippen molar-refractivity contribution < 1.29 is 0 Å². The lowest BCUT2D eigenvalue weighted by Crippen LogP contribution is -2.24. The molecule has 0 amide bonds. The maximum Gasteiger partial charge on any atom is 0.230 e. The average molecular weight is 264 g/mol. The number of hydrogen-bond donors (Lipinski definition) is 0. The maximum atomic E-state index is 5.95. The van der Waals surface area contributed by atoms with E-state index in [4.69, 9.17) is 11.6 Å². The van der Waals surface area contributed by atoms with Crippen LogP contribution in [0.5, 0.6) is 0 Å². The van der Waals surface area contributed by atoms with Crippen LogP contribution < -0.4 is 4.90 Å². The highest BCUT2D eigenvalue weighted by Crippen LogP contribution is 2.18. The standard InChI is InChI=1S/C12H14ClN5/c1-3-18(4-2)12-16-10(15-11(13)17-12)9-6-5-7-14-8-9/h5-8H,3-4H2,1-2H3. The Balaban J connectivity index is 2.44. The number of nitrogens with zero attached hydrogens (tertiary/aromatic N) is 5. The molecule has 0 bridgehead atoms. The SMILES string of the molecule is CCN(CC)c1nc(Cl)nc(-c2cccnc2)n1. The van der Waals surface area contributed by atoms with E-state index in [0.717, 1.165) is 18.7 Å². The van der Waals surface area contributed by atoms with Crippen LogP contribution in [0.1, 0.15) is 13.8 Å². The lowest BCUT2D eigenvalue weighted by molar-refractivity contribution is 0.813. The molecule has 2 rings (SSSR count). The van der Waals surface area contributed by atoms with E-state index < -0.39 is 0 Å². The number of aromatic nitrogens is 4. The highest BCUT2D eigenvalue weighted by Gasteiger charge is 2.11. The molecule has 5 nitrogen and oxygen atoms in total. The second kappa shape index (κ2) is 5.73. The fourth-order valence-electron chi connectivity index (χ4n) is 1.61. The predicted molar refractivity (Wildman–Crippen MR) is 71.6 cm³/mol. The van der Waals surface area contributed by atoms with Crippen LogP contribution in [0.15, 0.2) is 24.5 Å². The van der Waals surface area contributed by atoms with Gasteiger partial charge in [0.05, 0.1) is 0 Å². The van der Waals surface area contributed by atoms with Gasteiger partial charge >= 0.3 is 0 Å². The molecule has 0 aliphatic carbocycles. The van der Waals surface area contributed by atoms with Crippen molar-refractivity contribution in [2.75, 3.05) is 18.0 Å². The molecule has 6 heteroatoms. The smallest absolute Gasteiger partial charge is 0.230 e. The molecule has 0 saturated carbocycles. The monoisotopic (exact) mass is 263 g/mol. The molecular formula is C12H14ClN5. The zero-order valence-corrected chi connectivity index (χ0v) is 11.1. The van der Waals surface area contributed by atoms with Crippen molar-refractivity contribution >= 4 is 17.5 Å². The number of rotatable bonds is 4. The van der Waals surface area contributed by atoms with E-state index in [1.165, 1.54) is 0 Å². The Hall–Kier alpha value is -1.75. The van der Waals surface area contributed by atoms with Gasteiger partial charge in [-0.3, -0.25) is 4.98 Å². The van der Waals surface area contributed by atoms with Crippen molar-refractivity contribution in [3.05, 3.63) is 29.8 Å². The Kier molecular flexibility index (Phi) is 4.04. The van der Waals surface area contributed by atoms with Gasteiger partial charge in [-0.05, 0) is 37.6 Å². The second-order valence-corrected chi connectivity index (χ2v) is 3.98. The number of anilines is 1. The van der Waals surface area contributed by atoms with Gasteiger partial charge in [0.15, 0.2) is 5.82 Å². The zero-order chi connectivity index (χ0) is 13.0. The topological polar surface area (TPSA) is 54.8 Å². The van der Waals surface area contributed by atoms with Crippen LogP contribution in [0.3, 0.4) is 0 Å². The summed E-state index contributed by atoms with van der Waals surface area (Å²) >= 11 is 5.95. The van der Waals surface area contributed by atoms with Crippen molar-refractivity contribution in [2.24, 2.45) is 0 Å². The van der Waals surface area contributed by atoms with Crippen LogP contribution in [-0.2, 0) is 0 Å². The zero-order valence-electron chi connectivity index (χ0n) is 10.3. The molecule has 0 aromatic carbocycles. The van der Waals surface area contributed by atoms with Crippen molar-refractivity contribution in [1.82, 2.24) is 19.9 Å². The summed E-state index contributed by atoms with van der Waals surface area (Å²) in [6.45, 7) is 5.74. The van der Waals surface area contributed by atoms with Crippen LogP contribution >= 0.6 is 11.6 Å². The second-order valence-electron chi connectivity index (χ2n) is 3.64. The van der Waals surface area contributed by atoms with Crippen molar-refractivity contribution in [3.63, 3.8) is 0 Å². The van der Waals surface area contributed by atoms with Crippen molar-refractivity contribution in [2.45, 2.75) is 13.8 Å². The van der Waals surface area contributed by atoms with Crippen LogP contribution in [0.4, 0.5) is 5.95 Å². The molecule has 0 N–H and O–H groups in total. The van der Waals surface area contributed by atoms with Gasteiger partial charge in [-0.25, -0.2) is 0 Å². The Morgan fingerprint density at radius 2 is 1.94 bits per heavy atom. The number of pyridine rings is 1. The summed E-state index contributed by atoms with van der Waals surface area (Å²) in [4.78, 5) is 18.8. The van der Waals surface area contributed by atoms with E-state index in [9.17, 15) is 0 Å². The minimum absolute atomic E-state index is 0.200. The van der Waals surface area contributed by atoms with E-state index in [1.54, 1.807) is 12.4 Å². The number of halogens is 1. The van der Waals surface area contributed by atoms with Gasteiger partial charge in [-0.15, -0.1) is 0 Å². The summed E-state index contributed by atoms with van der Waals surface area (Å²) in [6, 6.07) is 3.73. The molecule has 0 aliphatic rings. The summed E-state index contributed by atoms with van der Waals surface area (Å²) in [5, 5.41) is 0.200. The first kappa shape index (κ1) is 12.7. The molecule has 0 spiro atoms. The summed E-state index contributed by atoms with van der Waals surface area (Å²) in [5.41, 5.74) is 0.829. The highest BCUT2D eigenvalue weighted by atomic mass is 35.5. The molecular weight excluding hydrogens is 250 g/mol. The lowest BCUT2D eigenvalue weighted by Gasteiger charge is -2.18. The van der Waals surface area contributed by atoms with E-state index in [-0.39, 0.29) is 5.28 Å². The van der Waals surface area contributed by atoms with Gasteiger partial charge in [0, 0.05) is 31.0 Å². The quantitative estimate of drug-likeness (QED) is 0.848. The van der Waals surface area contributed by atoms with Gasteiger partial charge in [-0.2, -0.15) is 15.0 Å². The Morgan fingerprint density at radius 1 is 1.17 bits per heavy atom. The molecule has 2 aromatic rings. The first-order valence-electron chi connectivity index (χ1n) is 5.81. The third-order valence-corrected chi connectivity index (χ3v) is 2.73. The fraction of sp³-hybridized carbons (Fsp3) is 0.333. The normalized spacial score (nSPS) is 10.4. The fourth-order valence-corrected chi connectivity index (χ4v) is 1.77. The maximum absolute atomic E-state index is 5.95. The average Bonchev–Trinajstić information content (AvgIpc) is 2.40. The van der Waals surface area contributed by atoms with Crippen molar-refractivity contribution in [1.29, 1.82) is 0 Å². The van der Waals surface area contributed by atoms with Crippen LogP contribution in [0, 0.1) is 0 Å². The van der Waals surface area contributed by atoms with Crippen molar-refractivity contribution in [3.8, 4) is 11.4 Å². The molecule has 2 heterocycles. The van der Waals surface area contributed by atoms with Gasteiger partial charge in [0.2, 0.25) is 11.2 Å². The summed E-state index contributed by atoms with van der Waals surface area (Å²) in [7, 11) is 0. The third kappa shape index (κ3) is 2.73. The first-order valence-corrected chi connectivity index (χ1v) is 6.19. The van der Waals surface area contributed by atoms with Gasteiger partial charge in [0.25, 0.3) is 0 Å². The van der Waals surface area contributed by atoms with E-state index >= 15 is 0 Å². The molecule has 2 aromatic heterocycles. The molecule has 94 valence electrons. The summed E-state index contributed by atoms with van der Waals surface area (Å²) < 4.78 is 0. The largest absolute Gasteiger partial charge is 0.341 e. The van der Waals surface area contributed by atoms with Crippen LogP contribution in [-0.4, -0.2) is 33.0 Å². The van der Waals surface area contributed by atoms with Crippen LogP contribution in [0.25, 0.3) is 11.4 Å². The van der Waals surface area contributed by atoms with E-state index in [1.807, 2.05) is 30.9 Å². The van der Waals surface area contributed by atoms with Crippen LogP contribution in [0.2, 0.25) is 5.28 Å². The Bertz CT molecular complexity index is 513. The number of hydrogen-bond acceptors (Lipinski definition) is 5. The third-order valence-electron chi connectivity index (χ3n) is 2.56. The van der Waals surface area contributed by atoms with Gasteiger partial charge in [-0.1, -0.05) is 0 Å². The first-order chi connectivity index (χ1) is 8.74. The van der Waals surface area contributed by atoms with E-state index in [0.29, 0.717) is 11.8 Å². The highest BCUT2D eigenvalue weighted by molar-refractivity contribution is 6.28. The molecule has 0 fully saturated rings. The summed E-state index contributed by atoms with van der Waals surface area (Å²) in [5.74, 6) is 1.14. The van der Waals surface area contributed by atoms with Gasteiger partial charge < -0.3 is 4.90 Å². The van der Waals surface area contributed by atoms with E-state index in [2.05, 4.69) is 19.9 Å². The minimum atomic E-state index is 0.200. The predicted octanol–water partition coefficient (Wildman–Crippen LogP) is 2.43. The molecule has 0 aliphatic heterocycles. The molecule has 18 heavy (non-hydrogen) atoms. The minimum Gasteiger partial charge on any atom is -0.341 e. The van der Waals surface area contributed by atoms with Gasteiger partial charge in [0.1, 0.15) is 0 Å². The molecule has 0 unspecified atom stereocenters. The molecule has 0 atom stereocenters. The molecule has 0 saturated heterocycles. The summed E-state index contributed by atoms with van der Waals surface area (Å²) in [6.07, 6.45) is 3.41.